The van der Waals surface area contributed by atoms with Gasteiger partial charge in [0.05, 0.1) is 14.2 Å². The molecule has 2 aromatic carbocycles. The maximum atomic E-state index is 12.5. The molecule has 0 spiro atoms. The number of carbonyl (C=O) groups excluding carboxylic acids is 3. The predicted molar refractivity (Wildman–Crippen MR) is 108 cm³/mol. The highest BCUT2D eigenvalue weighted by atomic mass is 16.6. The monoisotopic (exact) mass is 400 g/mol. The Balaban J connectivity index is 2.06. The molecule has 8 nitrogen and oxygen atoms in total. The van der Waals surface area contributed by atoms with Crippen LogP contribution in [0.4, 0.5) is 5.69 Å². The molecule has 29 heavy (non-hydrogen) atoms. The smallest absolute Gasteiger partial charge is 0.343 e. The van der Waals surface area contributed by atoms with Crippen LogP contribution < -0.4 is 20.1 Å². The Bertz CT molecular complexity index is 877. The number of nitrogens with one attached hydrogen (secondary N) is 2. The zero-order valence-corrected chi connectivity index (χ0v) is 16.8. The summed E-state index contributed by atoms with van der Waals surface area (Å²) < 4.78 is 15.1. The van der Waals surface area contributed by atoms with Crippen molar-refractivity contribution in [3.05, 3.63) is 53.6 Å². The van der Waals surface area contributed by atoms with Crippen molar-refractivity contribution in [3.8, 4) is 11.5 Å². The molecule has 0 saturated heterocycles. The Morgan fingerprint density at radius 2 is 1.55 bits per heavy atom. The molecule has 0 saturated carbocycles. The van der Waals surface area contributed by atoms with Crippen LogP contribution in [-0.2, 0) is 9.53 Å². The summed E-state index contributed by atoms with van der Waals surface area (Å²) in [6.07, 6.45) is 0. The van der Waals surface area contributed by atoms with Crippen LogP contribution in [0.2, 0.25) is 0 Å². The number of carbonyl (C=O) groups is 3. The van der Waals surface area contributed by atoms with Gasteiger partial charge in [0.1, 0.15) is 0 Å². The molecule has 2 N–H and O–H groups in total. The van der Waals surface area contributed by atoms with Gasteiger partial charge < -0.3 is 24.8 Å². The largest absolute Gasteiger partial charge is 0.493 e. The van der Waals surface area contributed by atoms with Gasteiger partial charge in [-0.05, 0) is 56.3 Å². The van der Waals surface area contributed by atoms with E-state index in [1.807, 2.05) is 13.8 Å². The Morgan fingerprint density at radius 3 is 2.14 bits per heavy atom. The summed E-state index contributed by atoms with van der Waals surface area (Å²) in [5.41, 5.74) is 1.39. The van der Waals surface area contributed by atoms with E-state index in [4.69, 9.17) is 9.47 Å². The fourth-order valence-electron chi connectivity index (χ4n) is 2.38. The zero-order chi connectivity index (χ0) is 21.4. The second-order valence-corrected chi connectivity index (χ2v) is 6.39. The maximum Gasteiger partial charge on any atom is 0.343 e. The van der Waals surface area contributed by atoms with Gasteiger partial charge in [0.25, 0.3) is 11.8 Å². The van der Waals surface area contributed by atoms with Gasteiger partial charge in [-0.2, -0.15) is 0 Å². The lowest BCUT2D eigenvalue weighted by atomic mass is 10.1. The quantitative estimate of drug-likeness (QED) is 0.661. The summed E-state index contributed by atoms with van der Waals surface area (Å²) in [6, 6.07) is 11.2. The molecular formula is C21H24N2O6. The summed E-state index contributed by atoms with van der Waals surface area (Å²) in [5.74, 6) is -0.441. The summed E-state index contributed by atoms with van der Waals surface area (Å²) >= 11 is 0. The van der Waals surface area contributed by atoms with Crippen molar-refractivity contribution in [1.82, 2.24) is 5.32 Å². The van der Waals surface area contributed by atoms with Crippen LogP contribution in [0, 0.1) is 0 Å². The number of ether oxygens (including phenoxy) is 3. The van der Waals surface area contributed by atoms with Crippen molar-refractivity contribution in [2.75, 3.05) is 26.1 Å². The number of benzene rings is 2. The number of esters is 1. The number of rotatable bonds is 8. The first-order valence-electron chi connectivity index (χ1n) is 8.94. The molecule has 0 radical (unpaired) electrons. The van der Waals surface area contributed by atoms with Crippen molar-refractivity contribution in [3.63, 3.8) is 0 Å². The molecule has 2 rings (SSSR count). The van der Waals surface area contributed by atoms with Crippen LogP contribution in [-0.4, -0.2) is 44.7 Å². The highest BCUT2D eigenvalue weighted by molar-refractivity contribution is 6.05. The van der Waals surface area contributed by atoms with E-state index in [1.54, 1.807) is 30.3 Å². The summed E-state index contributed by atoms with van der Waals surface area (Å²) in [7, 11) is 2.70. The van der Waals surface area contributed by atoms with Crippen molar-refractivity contribution >= 4 is 23.5 Å². The van der Waals surface area contributed by atoms with Gasteiger partial charge in [0, 0.05) is 22.9 Å². The molecule has 0 aliphatic carbocycles. The fraction of sp³-hybridized carbons (Fsp3) is 0.286. The summed E-state index contributed by atoms with van der Waals surface area (Å²) in [5, 5.41) is 5.56. The van der Waals surface area contributed by atoms with Gasteiger partial charge >= 0.3 is 5.97 Å². The third kappa shape index (κ3) is 6.24. The first-order chi connectivity index (χ1) is 13.8. The molecule has 0 aliphatic rings. The molecule has 0 aromatic heterocycles. The average Bonchev–Trinajstić information content (AvgIpc) is 2.71. The zero-order valence-electron chi connectivity index (χ0n) is 16.8. The van der Waals surface area contributed by atoms with Crippen LogP contribution in [0.15, 0.2) is 42.5 Å². The number of methoxy groups -OCH3 is 2. The van der Waals surface area contributed by atoms with Gasteiger partial charge in [-0.1, -0.05) is 0 Å². The van der Waals surface area contributed by atoms with Gasteiger partial charge in [-0.3, -0.25) is 9.59 Å². The maximum absolute atomic E-state index is 12.5. The van der Waals surface area contributed by atoms with Gasteiger partial charge in [-0.25, -0.2) is 4.79 Å². The minimum atomic E-state index is -0.528. The van der Waals surface area contributed by atoms with Crippen LogP contribution in [0.3, 0.4) is 0 Å². The lowest BCUT2D eigenvalue weighted by molar-refractivity contribution is -0.142. The molecule has 154 valence electrons. The molecular weight excluding hydrogens is 376 g/mol. The predicted octanol–water partition coefficient (Wildman–Crippen LogP) is 2.64. The SMILES string of the molecule is COC(=O)COc1ccc(C(=O)Nc2ccc(C(=O)NC(C)C)cc2)cc1OC. The van der Waals surface area contributed by atoms with E-state index in [0.717, 1.165) is 0 Å². The Kier molecular flexibility index (Phi) is 7.59. The van der Waals surface area contributed by atoms with Crippen LogP contribution >= 0.6 is 0 Å². The number of hydrogen-bond donors (Lipinski definition) is 2. The van der Waals surface area contributed by atoms with Crippen molar-refractivity contribution in [2.45, 2.75) is 19.9 Å². The minimum absolute atomic E-state index is 0.0384. The molecule has 0 atom stereocenters. The van der Waals surface area contributed by atoms with Gasteiger partial charge in [0.15, 0.2) is 18.1 Å². The summed E-state index contributed by atoms with van der Waals surface area (Å²) in [6.45, 7) is 3.49. The molecule has 0 bridgehead atoms. The normalized spacial score (nSPS) is 10.2. The van der Waals surface area contributed by atoms with Crippen molar-refractivity contribution in [2.24, 2.45) is 0 Å². The Labute approximate surface area is 169 Å². The van der Waals surface area contributed by atoms with Crippen LogP contribution in [0.5, 0.6) is 11.5 Å². The van der Waals surface area contributed by atoms with Gasteiger partial charge in [0.2, 0.25) is 0 Å². The van der Waals surface area contributed by atoms with E-state index in [1.165, 1.54) is 26.4 Å². The first kappa shape index (κ1) is 21.7. The molecule has 0 fully saturated rings. The standard InChI is InChI=1S/C21H24N2O6/c1-13(2)22-20(25)14-5-8-16(9-6-14)23-21(26)15-7-10-17(18(11-15)27-3)29-12-19(24)28-4/h5-11,13H,12H2,1-4H3,(H,22,25)(H,23,26). The molecule has 0 aliphatic heterocycles. The second kappa shape index (κ2) is 10.1. The third-order valence-corrected chi connectivity index (χ3v) is 3.82. The molecule has 2 aromatic rings. The molecule has 0 heterocycles. The number of hydrogen-bond acceptors (Lipinski definition) is 6. The topological polar surface area (TPSA) is 103 Å². The average molecular weight is 400 g/mol. The fourth-order valence-corrected chi connectivity index (χ4v) is 2.38. The van der Waals surface area contributed by atoms with E-state index in [2.05, 4.69) is 15.4 Å². The van der Waals surface area contributed by atoms with E-state index in [0.29, 0.717) is 28.3 Å². The van der Waals surface area contributed by atoms with Crippen molar-refractivity contribution < 1.29 is 28.6 Å². The van der Waals surface area contributed by atoms with E-state index in [-0.39, 0.29) is 24.5 Å². The van der Waals surface area contributed by atoms with E-state index in [9.17, 15) is 14.4 Å². The van der Waals surface area contributed by atoms with Crippen molar-refractivity contribution in [1.29, 1.82) is 0 Å². The summed E-state index contributed by atoms with van der Waals surface area (Å²) in [4.78, 5) is 35.7. The highest BCUT2D eigenvalue weighted by Gasteiger charge is 2.13. The van der Waals surface area contributed by atoms with Crippen LogP contribution in [0.25, 0.3) is 0 Å². The lowest BCUT2D eigenvalue weighted by Crippen LogP contribution is -2.30. The van der Waals surface area contributed by atoms with E-state index >= 15 is 0 Å². The lowest BCUT2D eigenvalue weighted by Gasteiger charge is -2.12. The Morgan fingerprint density at radius 1 is 0.897 bits per heavy atom. The van der Waals surface area contributed by atoms with E-state index < -0.39 is 5.97 Å². The first-order valence-corrected chi connectivity index (χ1v) is 8.94. The number of amides is 2. The molecule has 2 amide bonds. The number of anilines is 1. The Hall–Kier alpha value is -3.55. The third-order valence-electron chi connectivity index (χ3n) is 3.82. The second-order valence-electron chi connectivity index (χ2n) is 6.39. The van der Waals surface area contributed by atoms with Crippen LogP contribution in [0.1, 0.15) is 34.6 Å². The minimum Gasteiger partial charge on any atom is -0.493 e. The highest BCUT2D eigenvalue weighted by Crippen LogP contribution is 2.28. The van der Waals surface area contributed by atoms with Gasteiger partial charge in [-0.15, -0.1) is 0 Å². The molecule has 8 heteroatoms. The molecule has 0 unspecified atom stereocenters.